The van der Waals surface area contributed by atoms with E-state index >= 15 is 0 Å². The van der Waals surface area contributed by atoms with Crippen LogP contribution in [0.25, 0.3) is 20.7 Å². The van der Waals surface area contributed by atoms with Gasteiger partial charge in [-0.2, -0.15) is 0 Å². The van der Waals surface area contributed by atoms with E-state index in [9.17, 15) is 9.59 Å². The Labute approximate surface area is 159 Å². The second-order valence-corrected chi connectivity index (χ2v) is 8.28. The van der Waals surface area contributed by atoms with E-state index in [0.717, 1.165) is 28.4 Å². The molecule has 4 heterocycles. The van der Waals surface area contributed by atoms with Gasteiger partial charge in [0.05, 0.1) is 11.4 Å². The van der Waals surface area contributed by atoms with E-state index in [4.69, 9.17) is 4.98 Å². The molecule has 0 aromatic carbocycles. The molecule has 4 rings (SSSR count). The van der Waals surface area contributed by atoms with Gasteiger partial charge in [0, 0.05) is 48.9 Å². The summed E-state index contributed by atoms with van der Waals surface area (Å²) in [5.41, 5.74) is 0.881. The quantitative estimate of drug-likeness (QED) is 0.749. The average molecular weight is 389 g/mol. The number of H-pyrrole nitrogens is 1. The molecule has 0 bridgehead atoms. The minimum atomic E-state index is -0.0797. The van der Waals surface area contributed by atoms with Crippen molar-refractivity contribution in [2.24, 2.45) is 0 Å². The van der Waals surface area contributed by atoms with Crippen molar-refractivity contribution in [2.75, 3.05) is 26.2 Å². The second kappa shape index (κ2) is 6.94. The Balaban J connectivity index is 1.62. The Bertz CT molecular complexity index is 984. The highest BCUT2D eigenvalue weighted by atomic mass is 32.1. The zero-order valence-electron chi connectivity index (χ0n) is 14.7. The number of fused-ring (bicyclic) bond motifs is 1. The van der Waals surface area contributed by atoms with E-state index in [-0.39, 0.29) is 17.5 Å². The lowest BCUT2D eigenvalue weighted by molar-refractivity contribution is -0.130. The fraction of sp³-hybridized carbons (Fsp3) is 0.389. The first-order chi connectivity index (χ1) is 12.5. The van der Waals surface area contributed by atoms with Crippen molar-refractivity contribution in [1.82, 2.24) is 19.8 Å². The number of piperazine rings is 1. The molecule has 26 heavy (non-hydrogen) atoms. The number of rotatable bonds is 3. The summed E-state index contributed by atoms with van der Waals surface area (Å²) in [7, 11) is 0. The van der Waals surface area contributed by atoms with Gasteiger partial charge in [-0.25, -0.2) is 4.98 Å². The summed E-state index contributed by atoms with van der Waals surface area (Å²) < 4.78 is 0. The predicted octanol–water partition coefficient (Wildman–Crippen LogP) is 2.94. The molecule has 1 atom stereocenters. The molecule has 1 aliphatic heterocycles. The van der Waals surface area contributed by atoms with Gasteiger partial charge in [-0.05, 0) is 18.4 Å². The molecule has 1 N–H and O–H groups in total. The molecular formula is C18H20N4O2S2. The highest BCUT2D eigenvalue weighted by molar-refractivity contribution is 7.18. The number of hydrogen-bond acceptors (Lipinski definition) is 6. The summed E-state index contributed by atoms with van der Waals surface area (Å²) in [5, 5.41) is 4.70. The lowest BCUT2D eigenvalue weighted by Crippen LogP contribution is -2.49. The molecule has 136 valence electrons. The number of nitrogens with zero attached hydrogens (tertiary/aromatic N) is 3. The summed E-state index contributed by atoms with van der Waals surface area (Å²) in [6.45, 7) is 6.66. The van der Waals surface area contributed by atoms with Crippen LogP contribution < -0.4 is 5.56 Å². The van der Waals surface area contributed by atoms with E-state index in [0.29, 0.717) is 24.3 Å². The van der Waals surface area contributed by atoms with E-state index in [1.165, 1.54) is 11.3 Å². The van der Waals surface area contributed by atoms with Crippen LogP contribution in [0.5, 0.6) is 0 Å². The van der Waals surface area contributed by atoms with Gasteiger partial charge in [0.2, 0.25) is 5.91 Å². The van der Waals surface area contributed by atoms with Gasteiger partial charge in [0.1, 0.15) is 10.7 Å². The third-order valence-electron chi connectivity index (χ3n) is 4.95. The Morgan fingerprint density at radius 1 is 1.27 bits per heavy atom. The van der Waals surface area contributed by atoms with Gasteiger partial charge in [0.15, 0.2) is 0 Å². The molecule has 1 aliphatic rings. The molecule has 0 spiro atoms. The van der Waals surface area contributed by atoms with Gasteiger partial charge >= 0.3 is 0 Å². The van der Waals surface area contributed by atoms with Gasteiger partial charge in [0.25, 0.3) is 5.56 Å². The molecule has 0 radical (unpaired) electrons. The van der Waals surface area contributed by atoms with Gasteiger partial charge in [-0.1, -0.05) is 6.07 Å². The lowest BCUT2D eigenvalue weighted by Gasteiger charge is -2.37. The number of carbonyl (C=O) groups excluding carboxylic acids is 1. The predicted molar refractivity (Wildman–Crippen MR) is 106 cm³/mol. The van der Waals surface area contributed by atoms with Crippen LogP contribution in [0.4, 0.5) is 0 Å². The van der Waals surface area contributed by atoms with Gasteiger partial charge < -0.3 is 9.88 Å². The van der Waals surface area contributed by atoms with E-state index < -0.39 is 0 Å². The van der Waals surface area contributed by atoms with Crippen LogP contribution in [0.2, 0.25) is 0 Å². The monoisotopic (exact) mass is 388 g/mol. The minimum Gasteiger partial charge on any atom is -0.340 e. The molecule has 1 saturated heterocycles. The highest BCUT2D eigenvalue weighted by Crippen LogP contribution is 2.34. The topological polar surface area (TPSA) is 69.3 Å². The largest absolute Gasteiger partial charge is 0.340 e. The van der Waals surface area contributed by atoms with Crippen molar-refractivity contribution in [3.05, 3.63) is 39.1 Å². The van der Waals surface area contributed by atoms with Crippen molar-refractivity contribution in [1.29, 1.82) is 0 Å². The van der Waals surface area contributed by atoms with Crippen LogP contribution >= 0.6 is 22.7 Å². The second-order valence-electron chi connectivity index (χ2n) is 6.48. The van der Waals surface area contributed by atoms with E-state index in [1.807, 2.05) is 27.8 Å². The van der Waals surface area contributed by atoms with Crippen LogP contribution in [0.3, 0.4) is 0 Å². The normalized spacial score (nSPS) is 16.9. The Hall–Kier alpha value is -2.03. The zero-order chi connectivity index (χ0) is 18.3. The smallest absolute Gasteiger partial charge is 0.260 e. The van der Waals surface area contributed by atoms with Crippen LogP contribution in [-0.2, 0) is 4.79 Å². The first-order valence-corrected chi connectivity index (χ1v) is 10.4. The van der Waals surface area contributed by atoms with E-state index in [1.54, 1.807) is 18.3 Å². The molecule has 0 saturated carbocycles. The van der Waals surface area contributed by atoms with Crippen LogP contribution in [0.1, 0.15) is 25.7 Å². The standard InChI is InChI=1S/C18H20N4O2S2/c1-11(21-5-7-22(8-6-21)12(2)23)16-19-17(24)15-13(10-26-18(15)20-16)14-4-3-9-25-14/h3-4,9-11H,5-8H2,1-2H3,(H,19,20,24)/t11-/m0/s1. The Morgan fingerprint density at radius 3 is 2.69 bits per heavy atom. The molecular weight excluding hydrogens is 368 g/mol. The number of nitrogens with one attached hydrogen (secondary N) is 1. The molecule has 1 amide bonds. The zero-order valence-corrected chi connectivity index (χ0v) is 16.3. The summed E-state index contributed by atoms with van der Waals surface area (Å²) in [5.74, 6) is 0.809. The molecule has 1 fully saturated rings. The SMILES string of the molecule is CC(=O)N1CCN([C@@H](C)c2nc3scc(-c4cccs4)c3c(=O)[nH]2)CC1. The maximum atomic E-state index is 12.7. The molecule has 3 aromatic rings. The molecule has 8 heteroatoms. The van der Waals surface area contributed by atoms with Crippen molar-refractivity contribution < 1.29 is 4.79 Å². The van der Waals surface area contributed by atoms with Crippen molar-refractivity contribution in [2.45, 2.75) is 19.9 Å². The summed E-state index contributed by atoms with van der Waals surface area (Å²) in [6.07, 6.45) is 0. The van der Waals surface area contributed by atoms with Gasteiger partial charge in [-0.3, -0.25) is 14.5 Å². The third-order valence-corrected chi connectivity index (χ3v) is 6.73. The minimum absolute atomic E-state index is 0.00787. The average Bonchev–Trinajstić information content (AvgIpc) is 3.30. The summed E-state index contributed by atoms with van der Waals surface area (Å²) in [4.78, 5) is 38.0. The summed E-state index contributed by atoms with van der Waals surface area (Å²) in [6, 6.07) is 4.02. The number of aromatic nitrogens is 2. The third kappa shape index (κ3) is 3.08. The van der Waals surface area contributed by atoms with E-state index in [2.05, 4.69) is 16.8 Å². The van der Waals surface area contributed by atoms with Crippen molar-refractivity contribution in [3.63, 3.8) is 0 Å². The van der Waals surface area contributed by atoms with Crippen molar-refractivity contribution >= 4 is 38.8 Å². The Morgan fingerprint density at radius 2 is 2.04 bits per heavy atom. The first-order valence-electron chi connectivity index (χ1n) is 8.59. The maximum absolute atomic E-state index is 12.7. The maximum Gasteiger partial charge on any atom is 0.260 e. The fourth-order valence-corrected chi connectivity index (χ4v) is 5.14. The van der Waals surface area contributed by atoms with Crippen LogP contribution in [0.15, 0.2) is 27.7 Å². The molecule has 6 nitrogen and oxygen atoms in total. The van der Waals surface area contributed by atoms with Crippen LogP contribution in [-0.4, -0.2) is 51.9 Å². The first kappa shape index (κ1) is 17.4. The van der Waals surface area contributed by atoms with Gasteiger partial charge in [-0.15, -0.1) is 22.7 Å². The molecule has 0 aliphatic carbocycles. The van der Waals surface area contributed by atoms with Crippen LogP contribution in [0, 0.1) is 0 Å². The lowest BCUT2D eigenvalue weighted by atomic mass is 10.2. The fourth-order valence-electron chi connectivity index (χ4n) is 3.37. The number of amides is 1. The number of hydrogen-bond donors (Lipinski definition) is 1. The molecule has 3 aromatic heterocycles. The number of carbonyl (C=O) groups is 1. The number of aromatic amines is 1. The molecule has 0 unspecified atom stereocenters. The van der Waals surface area contributed by atoms with Crippen molar-refractivity contribution in [3.8, 4) is 10.4 Å². The summed E-state index contributed by atoms with van der Waals surface area (Å²) >= 11 is 3.14. The highest BCUT2D eigenvalue weighted by Gasteiger charge is 2.25. The Kier molecular flexibility index (Phi) is 4.64. The number of thiophene rings is 2.